The molecule has 0 fully saturated rings. The van der Waals surface area contributed by atoms with Gasteiger partial charge >= 0.3 is 5.97 Å². The van der Waals surface area contributed by atoms with Crippen LogP contribution < -0.4 is 10.2 Å². The van der Waals surface area contributed by atoms with Crippen LogP contribution in [0.4, 0.5) is 10.7 Å². The highest BCUT2D eigenvalue weighted by Crippen LogP contribution is 2.21. The number of amides is 1. The fourth-order valence-corrected chi connectivity index (χ4v) is 2.84. The average molecular weight is 373 g/mol. The topological polar surface area (TPSA) is 91.2 Å². The van der Waals surface area contributed by atoms with Crippen LogP contribution in [0.25, 0.3) is 6.08 Å². The molecule has 7 nitrogen and oxygen atoms in total. The van der Waals surface area contributed by atoms with Crippen molar-refractivity contribution in [1.29, 1.82) is 0 Å². The van der Waals surface area contributed by atoms with Crippen molar-refractivity contribution >= 4 is 45.7 Å². The quantitative estimate of drug-likeness (QED) is 0.442. The van der Waals surface area contributed by atoms with E-state index in [1.165, 1.54) is 30.6 Å². The van der Waals surface area contributed by atoms with Crippen LogP contribution in [0.15, 0.2) is 46.9 Å². The van der Waals surface area contributed by atoms with Gasteiger partial charge in [0.25, 0.3) is 0 Å². The van der Waals surface area contributed by atoms with Gasteiger partial charge in [-0.3, -0.25) is 4.79 Å². The van der Waals surface area contributed by atoms with Crippen molar-refractivity contribution in [2.45, 2.75) is 0 Å². The second-order valence-electron chi connectivity index (χ2n) is 5.44. The minimum Gasteiger partial charge on any atom is -0.476 e. The first-order chi connectivity index (χ1) is 12.4. The number of carboxylic acids is 1. The third-order valence-corrected chi connectivity index (χ3v) is 4.19. The number of anilines is 2. The van der Waals surface area contributed by atoms with E-state index >= 15 is 0 Å². The Morgan fingerprint density at radius 1 is 1.27 bits per heavy atom. The highest BCUT2D eigenvalue weighted by Gasteiger charge is 2.16. The van der Waals surface area contributed by atoms with Gasteiger partial charge in [-0.25, -0.2) is 4.79 Å². The number of carboxylic acid groups (broad SMARTS) is 1. The van der Waals surface area contributed by atoms with E-state index in [2.05, 4.69) is 15.3 Å². The number of nitrogens with one attached hydrogen (secondary N) is 1. The standard InChI is InChI=1S/C18H19N3O4S/c1-21(2)14-7-4-12(5-8-14)6-9-15(22)19-16-10-13(11-26-16)17(18(23)24)20-25-3/h4-11H,1-3H3,(H,19,22)(H,23,24)/b9-6+,20-17-. The summed E-state index contributed by atoms with van der Waals surface area (Å²) in [7, 11) is 5.19. The van der Waals surface area contributed by atoms with Crippen LogP contribution in [-0.2, 0) is 14.4 Å². The minimum atomic E-state index is -1.21. The summed E-state index contributed by atoms with van der Waals surface area (Å²) in [5.41, 5.74) is 2.12. The zero-order valence-electron chi connectivity index (χ0n) is 14.6. The van der Waals surface area contributed by atoms with E-state index in [0.717, 1.165) is 11.3 Å². The number of hydrogen-bond donors (Lipinski definition) is 2. The maximum Gasteiger partial charge on any atom is 0.358 e. The molecule has 0 aliphatic heterocycles. The van der Waals surface area contributed by atoms with E-state index in [9.17, 15) is 9.59 Å². The van der Waals surface area contributed by atoms with Crippen molar-refractivity contribution in [2.75, 3.05) is 31.4 Å². The van der Waals surface area contributed by atoms with Crippen molar-refractivity contribution in [3.05, 3.63) is 52.9 Å². The van der Waals surface area contributed by atoms with Crippen LogP contribution in [0.3, 0.4) is 0 Å². The molecule has 0 atom stereocenters. The number of carbonyl (C=O) groups excluding carboxylic acids is 1. The maximum atomic E-state index is 12.0. The Morgan fingerprint density at radius 3 is 2.54 bits per heavy atom. The van der Waals surface area contributed by atoms with Crippen LogP contribution in [0.2, 0.25) is 0 Å². The zero-order valence-corrected chi connectivity index (χ0v) is 15.4. The number of aliphatic carboxylic acids is 1. The molecule has 1 amide bonds. The molecule has 0 bridgehead atoms. The van der Waals surface area contributed by atoms with Crippen LogP contribution in [0.5, 0.6) is 0 Å². The number of carbonyl (C=O) groups is 2. The third-order valence-electron chi connectivity index (χ3n) is 3.34. The molecule has 26 heavy (non-hydrogen) atoms. The smallest absolute Gasteiger partial charge is 0.358 e. The van der Waals surface area contributed by atoms with Gasteiger partial charge in [0.05, 0.1) is 5.00 Å². The Kier molecular flexibility index (Phi) is 6.51. The fraction of sp³-hybridized carbons (Fsp3) is 0.167. The van der Waals surface area contributed by atoms with E-state index < -0.39 is 5.97 Å². The monoisotopic (exact) mass is 373 g/mol. The summed E-state index contributed by atoms with van der Waals surface area (Å²) in [5, 5.41) is 17.4. The van der Waals surface area contributed by atoms with Gasteiger partial charge in [0.2, 0.25) is 5.91 Å². The second-order valence-corrected chi connectivity index (χ2v) is 6.35. The molecule has 1 aromatic heterocycles. The minimum absolute atomic E-state index is 0.222. The Bertz CT molecular complexity index is 838. The van der Waals surface area contributed by atoms with E-state index in [4.69, 9.17) is 5.11 Å². The van der Waals surface area contributed by atoms with Gasteiger partial charge in [-0.05, 0) is 29.8 Å². The molecule has 2 N–H and O–H groups in total. The number of benzene rings is 1. The summed E-state index contributed by atoms with van der Waals surface area (Å²) < 4.78 is 0. The lowest BCUT2D eigenvalue weighted by atomic mass is 10.2. The van der Waals surface area contributed by atoms with Crippen molar-refractivity contribution in [3.63, 3.8) is 0 Å². The number of oxime groups is 1. The highest BCUT2D eigenvalue weighted by atomic mass is 32.1. The lowest BCUT2D eigenvalue weighted by molar-refractivity contribution is -0.129. The molecule has 2 aromatic rings. The van der Waals surface area contributed by atoms with Gasteiger partial charge in [-0.15, -0.1) is 11.3 Å². The molecule has 1 heterocycles. The Hall–Kier alpha value is -3.13. The number of thiophene rings is 1. The van der Waals surface area contributed by atoms with E-state index in [0.29, 0.717) is 10.6 Å². The summed E-state index contributed by atoms with van der Waals surface area (Å²) in [6, 6.07) is 9.30. The lowest BCUT2D eigenvalue weighted by Crippen LogP contribution is -2.14. The normalized spacial score (nSPS) is 11.4. The molecule has 8 heteroatoms. The molecular weight excluding hydrogens is 354 g/mol. The number of hydrogen-bond acceptors (Lipinski definition) is 6. The Balaban J connectivity index is 2.02. The van der Waals surface area contributed by atoms with Gasteiger partial charge in [0, 0.05) is 36.8 Å². The zero-order chi connectivity index (χ0) is 19.1. The van der Waals surface area contributed by atoms with Gasteiger partial charge in [0.1, 0.15) is 7.11 Å². The van der Waals surface area contributed by atoms with Crippen molar-refractivity contribution < 1.29 is 19.5 Å². The first kappa shape index (κ1) is 19.2. The van der Waals surface area contributed by atoms with E-state index in [1.54, 1.807) is 11.5 Å². The Labute approximate surface area is 155 Å². The first-order valence-electron chi connectivity index (χ1n) is 7.60. The summed E-state index contributed by atoms with van der Waals surface area (Å²) in [6.07, 6.45) is 3.13. The van der Waals surface area contributed by atoms with Crippen LogP contribution >= 0.6 is 11.3 Å². The van der Waals surface area contributed by atoms with Gasteiger partial charge in [-0.1, -0.05) is 17.3 Å². The van der Waals surface area contributed by atoms with E-state index in [-0.39, 0.29) is 11.6 Å². The van der Waals surface area contributed by atoms with Gasteiger partial charge in [-0.2, -0.15) is 0 Å². The second kappa shape index (κ2) is 8.82. The Morgan fingerprint density at radius 2 is 1.96 bits per heavy atom. The maximum absolute atomic E-state index is 12.0. The molecule has 0 saturated carbocycles. The summed E-state index contributed by atoms with van der Waals surface area (Å²) in [6.45, 7) is 0. The predicted molar refractivity (Wildman–Crippen MR) is 104 cm³/mol. The highest BCUT2D eigenvalue weighted by molar-refractivity contribution is 7.14. The largest absolute Gasteiger partial charge is 0.476 e. The van der Waals surface area contributed by atoms with Gasteiger partial charge in [0.15, 0.2) is 5.71 Å². The molecule has 0 aliphatic rings. The summed E-state index contributed by atoms with van der Waals surface area (Å²) in [5.74, 6) is -1.51. The SMILES string of the molecule is CO/N=C(\C(=O)O)c1csc(NC(=O)/C=C/c2ccc(N(C)C)cc2)c1. The molecule has 136 valence electrons. The van der Waals surface area contributed by atoms with E-state index in [1.807, 2.05) is 43.3 Å². The lowest BCUT2D eigenvalue weighted by Gasteiger charge is -2.11. The molecule has 0 spiro atoms. The van der Waals surface area contributed by atoms with Crippen molar-refractivity contribution in [2.24, 2.45) is 5.16 Å². The van der Waals surface area contributed by atoms with Crippen LogP contribution in [0.1, 0.15) is 11.1 Å². The molecular formula is C18H19N3O4S. The first-order valence-corrected chi connectivity index (χ1v) is 8.48. The number of nitrogens with zero attached hydrogens (tertiary/aromatic N) is 2. The molecule has 0 saturated heterocycles. The average Bonchev–Trinajstić information content (AvgIpc) is 3.05. The third kappa shape index (κ3) is 5.18. The number of rotatable bonds is 7. The molecule has 1 aromatic carbocycles. The molecule has 0 aliphatic carbocycles. The van der Waals surface area contributed by atoms with Crippen LogP contribution in [0, 0.1) is 0 Å². The fourth-order valence-electron chi connectivity index (χ4n) is 2.05. The van der Waals surface area contributed by atoms with Crippen molar-refractivity contribution in [1.82, 2.24) is 0 Å². The predicted octanol–water partition coefficient (Wildman–Crippen LogP) is 2.90. The van der Waals surface area contributed by atoms with Crippen molar-refractivity contribution in [3.8, 4) is 0 Å². The van der Waals surface area contributed by atoms with Gasteiger partial charge < -0.3 is 20.2 Å². The molecule has 0 radical (unpaired) electrons. The summed E-state index contributed by atoms with van der Waals surface area (Å²) >= 11 is 1.21. The van der Waals surface area contributed by atoms with Crippen LogP contribution in [-0.4, -0.2) is 43.9 Å². The molecule has 2 rings (SSSR count). The molecule has 0 unspecified atom stereocenters. The summed E-state index contributed by atoms with van der Waals surface area (Å²) in [4.78, 5) is 29.7.